The minimum atomic E-state index is -0.190. The van der Waals surface area contributed by atoms with E-state index in [4.69, 9.17) is 11.6 Å². The summed E-state index contributed by atoms with van der Waals surface area (Å²) in [6.07, 6.45) is 0.937. The van der Waals surface area contributed by atoms with E-state index in [1.807, 2.05) is 37.3 Å². The first-order chi connectivity index (χ1) is 12.6. The second-order valence-corrected chi connectivity index (χ2v) is 6.44. The molecule has 0 saturated heterocycles. The van der Waals surface area contributed by atoms with E-state index < -0.39 is 0 Å². The minimum Gasteiger partial charge on any atom is -0.335 e. The highest BCUT2D eigenvalue weighted by molar-refractivity contribution is 6.31. The molecule has 0 saturated carbocycles. The van der Waals surface area contributed by atoms with Crippen molar-refractivity contribution < 1.29 is 4.79 Å². The summed E-state index contributed by atoms with van der Waals surface area (Å²) >= 11 is 6.15. The van der Waals surface area contributed by atoms with Crippen LogP contribution in [0.1, 0.15) is 24.7 Å². The van der Waals surface area contributed by atoms with Gasteiger partial charge in [-0.3, -0.25) is 9.59 Å². The maximum Gasteiger partial charge on any atom is 0.258 e. The quantitative estimate of drug-likeness (QED) is 0.722. The lowest BCUT2D eigenvalue weighted by Crippen LogP contribution is -2.32. The highest BCUT2D eigenvalue weighted by Gasteiger charge is 2.15. The molecule has 6 heteroatoms. The molecule has 1 aromatic heterocycles. The van der Waals surface area contributed by atoms with E-state index in [-0.39, 0.29) is 18.0 Å². The molecule has 2 aromatic carbocycles. The van der Waals surface area contributed by atoms with Crippen molar-refractivity contribution >= 4 is 28.4 Å². The first kappa shape index (κ1) is 18.1. The van der Waals surface area contributed by atoms with Crippen molar-refractivity contribution in [2.75, 3.05) is 6.54 Å². The highest BCUT2D eigenvalue weighted by atomic mass is 35.5. The zero-order valence-corrected chi connectivity index (χ0v) is 15.3. The molecule has 5 nitrogen and oxygen atoms in total. The third kappa shape index (κ3) is 4.11. The Balaban J connectivity index is 1.72. The van der Waals surface area contributed by atoms with Crippen LogP contribution in [0.25, 0.3) is 10.9 Å². The van der Waals surface area contributed by atoms with E-state index in [1.165, 1.54) is 0 Å². The van der Waals surface area contributed by atoms with Crippen LogP contribution >= 0.6 is 11.6 Å². The van der Waals surface area contributed by atoms with Gasteiger partial charge in [0.25, 0.3) is 5.56 Å². The van der Waals surface area contributed by atoms with Crippen molar-refractivity contribution in [2.24, 2.45) is 0 Å². The summed E-state index contributed by atoms with van der Waals surface area (Å²) in [4.78, 5) is 33.7. The van der Waals surface area contributed by atoms with Gasteiger partial charge in [0.2, 0.25) is 5.91 Å². The molecule has 0 aliphatic heterocycles. The lowest BCUT2D eigenvalue weighted by Gasteiger charge is -2.20. The number of aromatic amines is 1. The molecule has 0 unspecified atom stereocenters. The molecule has 0 bridgehead atoms. The van der Waals surface area contributed by atoms with Crippen LogP contribution in [0.2, 0.25) is 5.02 Å². The van der Waals surface area contributed by atoms with Gasteiger partial charge >= 0.3 is 0 Å². The maximum atomic E-state index is 12.6. The number of rotatable bonds is 6. The molecule has 3 aromatic rings. The van der Waals surface area contributed by atoms with Gasteiger partial charge in [0.05, 0.1) is 17.4 Å². The zero-order valence-electron chi connectivity index (χ0n) is 14.5. The lowest BCUT2D eigenvalue weighted by atomic mass is 10.1. The van der Waals surface area contributed by atoms with Crippen molar-refractivity contribution in [1.82, 2.24) is 14.9 Å². The van der Waals surface area contributed by atoms with E-state index in [0.29, 0.717) is 41.1 Å². The van der Waals surface area contributed by atoms with Crippen LogP contribution in [0.3, 0.4) is 0 Å². The Bertz CT molecular complexity index is 984. The summed E-state index contributed by atoms with van der Waals surface area (Å²) in [6.45, 7) is 2.72. The van der Waals surface area contributed by atoms with Crippen LogP contribution in [0.4, 0.5) is 0 Å². The Morgan fingerprint density at radius 2 is 1.88 bits per heavy atom. The number of amides is 1. The monoisotopic (exact) mass is 369 g/mol. The number of aromatic nitrogens is 2. The Labute approximate surface area is 156 Å². The molecule has 0 aliphatic rings. The van der Waals surface area contributed by atoms with E-state index in [0.717, 1.165) is 5.56 Å². The fourth-order valence-corrected chi connectivity index (χ4v) is 3.10. The summed E-state index contributed by atoms with van der Waals surface area (Å²) in [5.41, 5.74) is 1.40. The molecule has 0 fully saturated rings. The predicted molar refractivity (Wildman–Crippen MR) is 103 cm³/mol. The highest BCUT2D eigenvalue weighted by Crippen LogP contribution is 2.17. The molecular formula is C20H20ClN3O2. The van der Waals surface area contributed by atoms with Gasteiger partial charge < -0.3 is 9.88 Å². The van der Waals surface area contributed by atoms with Gasteiger partial charge in [-0.2, -0.15) is 0 Å². The summed E-state index contributed by atoms with van der Waals surface area (Å²) in [5, 5.41) is 1.22. The first-order valence-corrected chi connectivity index (χ1v) is 8.95. The zero-order chi connectivity index (χ0) is 18.5. The first-order valence-electron chi connectivity index (χ1n) is 8.57. The van der Waals surface area contributed by atoms with Crippen molar-refractivity contribution in [3.63, 3.8) is 0 Å². The Hall–Kier alpha value is -2.66. The van der Waals surface area contributed by atoms with Crippen molar-refractivity contribution in [3.8, 4) is 0 Å². The normalized spacial score (nSPS) is 10.8. The van der Waals surface area contributed by atoms with Crippen LogP contribution in [0.15, 0.2) is 53.3 Å². The minimum absolute atomic E-state index is 0.00299. The van der Waals surface area contributed by atoms with Gasteiger partial charge in [-0.1, -0.05) is 41.9 Å². The number of hydrogen-bond donors (Lipinski definition) is 1. The smallest absolute Gasteiger partial charge is 0.258 e. The largest absolute Gasteiger partial charge is 0.335 e. The van der Waals surface area contributed by atoms with Crippen LogP contribution < -0.4 is 5.56 Å². The molecule has 0 aliphatic carbocycles. The summed E-state index contributed by atoms with van der Waals surface area (Å²) < 4.78 is 0. The molecule has 0 atom stereocenters. The number of halogens is 1. The molecule has 0 radical (unpaired) electrons. The van der Waals surface area contributed by atoms with E-state index >= 15 is 0 Å². The molecule has 1 N–H and O–H groups in total. The molecule has 134 valence electrons. The summed E-state index contributed by atoms with van der Waals surface area (Å²) in [6, 6.07) is 14.7. The number of carbonyl (C=O) groups excluding carboxylic acids is 1. The van der Waals surface area contributed by atoms with Gasteiger partial charge in [0, 0.05) is 18.0 Å². The van der Waals surface area contributed by atoms with Crippen LogP contribution in [-0.4, -0.2) is 27.3 Å². The lowest BCUT2D eigenvalue weighted by molar-refractivity contribution is -0.131. The van der Waals surface area contributed by atoms with Gasteiger partial charge in [-0.05, 0) is 37.1 Å². The number of benzene rings is 2. The third-order valence-electron chi connectivity index (χ3n) is 4.30. The second kappa shape index (κ2) is 8.15. The average Bonchev–Trinajstić information content (AvgIpc) is 2.65. The van der Waals surface area contributed by atoms with Gasteiger partial charge in [-0.15, -0.1) is 0 Å². The van der Waals surface area contributed by atoms with Crippen LogP contribution in [0, 0.1) is 0 Å². The molecule has 3 rings (SSSR count). The number of aryl methyl sites for hydroxylation is 1. The van der Waals surface area contributed by atoms with Crippen molar-refractivity contribution in [1.29, 1.82) is 0 Å². The summed E-state index contributed by atoms with van der Waals surface area (Å²) in [5.74, 6) is 0.491. The van der Waals surface area contributed by atoms with E-state index in [1.54, 1.807) is 23.1 Å². The number of carbonyl (C=O) groups is 1. The third-order valence-corrected chi connectivity index (χ3v) is 4.67. The standard InChI is InChI=1S/C20H20ClN3O2/c1-2-24(19(25)12-11-14-7-3-5-9-16(14)21)13-18-22-17-10-6-4-8-15(17)20(26)23-18/h3-10H,2,11-13H2,1H3,(H,22,23,26). The Kier molecular flexibility index (Phi) is 5.68. The maximum absolute atomic E-state index is 12.6. The van der Waals surface area contributed by atoms with E-state index in [9.17, 15) is 9.59 Å². The number of nitrogens with zero attached hydrogens (tertiary/aromatic N) is 2. The molecule has 26 heavy (non-hydrogen) atoms. The van der Waals surface area contributed by atoms with Crippen molar-refractivity contribution in [2.45, 2.75) is 26.3 Å². The molecular weight excluding hydrogens is 350 g/mol. The topological polar surface area (TPSA) is 66.1 Å². The fourth-order valence-electron chi connectivity index (χ4n) is 2.87. The number of fused-ring (bicyclic) bond motifs is 1. The number of H-pyrrole nitrogens is 1. The second-order valence-electron chi connectivity index (χ2n) is 6.03. The average molecular weight is 370 g/mol. The Morgan fingerprint density at radius 3 is 2.65 bits per heavy atom. The number of nitrogens with one attached hydrogen (secondary N) is 1. The predicted octanol–water partition coefficient (Wildman–Crippen LogP) is 3.56. The van der Waals surface area contributed by atoms with Gasteiger partial charge in [0.1, 0.15) is 5.82 Å². The van der Waals surface area contributed by atoms with Crippen LogP contribution in [-0.2, 0) is 17.8 Å². The SMILES string of the molecule is CCN(Cc1nc2ccccc2c(=O)[nH]1)C(=O)CCc1ccccc1Cl. The molecule has 1 amide bonds. The molecule has 0 spiro atoms. The van der Waals surface area contributed by atoms with E-state index in [2.05, 4.69) is 9.97 Å². The number of para-hydroxylation sites is 1. The van der Waals surface area contributed by atoms with Gasteiger partial charge in [-0.25, -0.2) is 4.98 Å². The number of hydrogen-bond acceptors (Lipinski definition) is 3. The van der Waals surface area contributed by atoms with Gasteiger partial charge in [0.15, 0.2) is 0 Å². The fraction of sp³-hybridized carbons (Fsp3) is 0.250. The Morgan fingerprint density at radius 1 is 1.15 bits per heavy atom. The molecule has 1 heterocycles. The summed E-state index contributed by atoms with van der Waals surface area (Å²) in [7, 11) is 0. The van der Waals surface area contributed by atoms with Crippen LogP contribution in [0.5, 0.6) is 0 Å². The van der Waals surface area contributed by atoms with Crippen molar-refractivity contribution in [3.05, 3.63) is 75.3 Å².